The molecule has 1 saturated carbocycles. The maximum atomic E-state index is 11.4. The van der Waals surface area contributed by atoms with E-state index in [1.165, 1.54) is 0 Å². The van der Waals surface area contributed by atoms with Crippen molar-refractivity contribution in [3.8, 4) is 0 Å². The van der Waals surface area contributed by atoms with Crippen LogP contribution in [-0.4, -0.2) is 38.7 Å². The number of aryl methyl sites for hydroxylation is 1. The van der Waals surface area contributed by atoms with Gasteiger partial charge in [0.1, 0.15) is 0 Å². The predicted octanol–water partition coefficient (Wildman–Crippen LogP) is -0.518. The zero-order valence-corrected chi connectivity index (χ0v) is 9.09. The molecule has 0 radical (unpaired) electrons. The highest BCUT2D eigenvalue weighted by molar-refractivity contribution is 5.76. The van der Waals surface area contributed by atoms with Crippen LogP contribution in [-0.2, 0) is 17.8 Å². The summed E-state index contributed by atoms with van der Waals surface area (Å²) in [6.45, 7) is 0.609. The number of carbonyl (C=O) groups is 1. The summed E-state index contributed by atoms with van der Waals surface area (Å²) in [5.41, 5.74) is 0.755. The molecule has 1 fully saturated rings. The first-order valence-electron chi connectivity index (χ1n) is 5.57. The lowest BCUT2D eigenvalue weighted by Crippen LogP contribution is -2.26. The van der Waals surface area contributed by atoms with E-state index >= 15 is 0 Å². The van der Waals surface area contributed by atoms with Crippen LogP contribution in [0.5, 0.6) is 0 Å². The molecule has 0 bridgehead atoms. The summed E-state index contributed by atoms with van der Waals surface area (Å²) in [6.07, 6.45) is 4.92. The Morgan fingerprint density at radius 2 is 2.44 bits per heavy atom. The van der Waals surface area contributed by atoms with E-state index in [-0.39, 0.29) is 12.5 Å². The Hall–Kier alpha value is -1.43. The van der Waals surface area contributed by atoms with E-state index in [2.05, 4.69) is 15.6 Å². The van der Waals surface area contributed by atoms with Crippen LogP contribution in [0.2, 0.25) is 0 Å². The molecule has 2 N–H and O–H groups in total. The average Bonchev–Trinajstić information content (AvgIpc) is 2.95. The molecule has 0 aromatic carbocycles. The molecule has 1 aromatic rings. The second kappa shape index (κ2) is 5.07. The van der Waals surface area contributed by atoms with Crippen molar-refractivity contribution in [2.75, 3.05) is 6.61 Å². The Morgan fingerprint density at radius 3 is 3.12 bits per heavy atom. The standard InChI is InChI=1S/C10H16N4O2/c15-6-4-9-7-14(13-12-9)5-3-10(16)11-8-1-2-8/h7-8,15H,1-6H2,(H,11,16). The summed E-state index contributed by atoms with van der Waals surface area (Å²) < 4.78 is 1.64. The number of aliphatic hydroxyl groups excluding tert-OH is 1. The third kappa shape index (κ3) is 3.30. The molecule has 6 heteroatoms. The van der Waals surface area contributed by atoms with E-state index in [9.17, 15) is 4.79 Å². The van der Waals surface area contributed by atoms with Gasteiger partial charge in [0, 0.05) is 31.7 Å². The fourth-order valence-corrected chi connectivity index (χ4v) is 1.42. The third-order valence-electron chi connectivity index (χ3n) is 2.46. The summed E-state index contributed by atoms with van der Waals surface area (Å²) in [5.74, 6) is 0.0710. The molecular formula is C10H16N4O2. The van der Waals surface area contributed by atoms with Gasteiger partial charge in [0.25, 0.3) is 0 Å². The number of rotatable bonds is 6. The van der Waals surface area contributed by atoms with Crippen LogP contribution in [0.1, 0.15) is 25.0 Å². The number of aromatic nitrogens is 3. The largest absolute Gasteiger partial charge is 0.396 e. The molecule has 1 aliphatic rings. The van der Waals surface area contributed by atoms with Crippen LogP contribution in [0.15, 0.2) is 6.20 Å². The van der Waals surface area contributed by atoms with E-state index < -0.39 is 0 Å². The topological polar surface area (TPSA) is 80.0 Å². The van der Waals surface area contributed by atoms with E-state index in [0.717, 1.165) is 18.5 Å². The Morgan fingerprint density at radius 1 is 1.62 bits per heavy atom. The van der Waals surface area contributed by atoms with Crippen LogP contribution >= 0.6 is 0 Å². The predicted molar refractivity (Wildman–Crippen MR) is 56.6 cm³/mol. The zero-order valence-electron chi connectivity index (χ0n) is 9.09. The van der Waals surface area contributed by atoms with Crippen molar-refractivity contribution in [2.45, 2.75) is 38.3 Å². The lowest BCUT2D eigenvalue weighted by Gasteiger charge is -2.02. The van der Waals surface area contributed by atoms with Crippen LogP contribution in [0.3, 0.4) is 0 Å². The van der Waals surface area contributed by atoms with Crippen molar-refractivity contribution in [1.29, 1.82) is 0 Å². The van der Waals surface area contributed by atoms with Crippen LogP contribution in [0.4, 0.5) is 0 Å². The SMILES string of the molecule is O=C(CCn1cc(CCO)nn1)NC1CC1. The molecule has 0 unspecified atom stereocenters. The smallest absolute Gasteiger partial charge is 0.222 e. The van der Waals surface area contributed by atoms with E-state index in [0.29, 0.717) is 25.4 Å². The molecule has 0 spiro atoms. The highest BCUT2D eigenvalue weighted by Crippen LogP contribution is 2.18. The molecule has 0 aliphatic heterocycles. The molecule has 6 nitrogen and oxygen atoms in total. The molecule has 0 atom stereocenters. The molecular weight excluding hydrogens is 208 g/mol. The van der Waals surface area contributed by atoms with Gasteiger partial charge in [-0.25, -0.2) is 0 Å². The van der Waals surface area contributed by atoms with Crippen molar-refractivity contribution in [1.82, 2.24) is 20.3 Å². The highest BCUT2D eigenvalue weighted by atomic mass is 16.3. The van der Waals surface area contributed by atoms with Crippen molar-refractivity contribution in [3.05, 3.63) is 11.9 Å². The van der Waals surface area contributed by atoms with Gasteiger partial charge in [0.15, 0.2) is 0 Å². The summed E-state index contributed by atoms with van der Waals surface area (Å²) >= 11 is 0. The Labute approximate surface area is 93.6 Å². The second-order valence-corrected chi connectivity index (χ2v) is 4.04. The normalized spacial score (nSPS) is 15.1. The first-order valence-corrected chi connectivity index (χ1v) is 5.57. The van der Waals surface area contributed by atoms with Gasteiger partial charge >= 0.3 is 0 Å². The number of nitrogens with zero attached hydrogens (tertiary/aromatic N) is 3. The fraction of sp³-hybridized carbons (Fsp3) is 0.700. The Bertz CT molecular complexity index is 359. The van der Waals surface area contributed by atoms with E-state index in [4.69, 9.17) is 5.11 Å². The van der Waals surface area contributed by atoms with Crippen LogP contribution < -0.4 is 5.32 Å². The number of amides is 1. The first-order chi connectivity index (χ1) is 7.78. The van der Waals surface area contributed by atoms with Gasteiger partial charge in [-0.1, -0.05) is 5.21 Å². The number of hydrogen-bond donors (Lipinski definition) is 2. The minimum absolute atomic E-state index is 0.0703. The van der Waals surface area contributed by atoms with Crippen LogP contribution in [0, 0.1) is 0 Å². The van der Waals surface area contributed by atoms with E-state index in [1.54, 1.807) is 10.9 Å². The molecule has 1 aromatic heterocycles. The number of nitrogens with one attached hydrogen (secondary N) is 1. The lowest BCUT2D eigenvalue weighted by atomic mass is 10.3. The average molecular weight is 224 g/mol. The van der Waals surface area contributed by atoms with Gasteiger partial charge < -0.3 is 10.4 Å². The van der Waals surface area contributed by atoms with Crippen LogP contribution in [0.25, 0.3) is 0 Å². The van der Waals surface area contributed by atoms with E-state index in [1.807, 2.05) is 0 Å². The fourth-order valence-electron chi connectivity index (χ4n) is 1.42. The quantitative estimate of drug-likeness (QED) is 0.681. The van der Waals surface area contributed by atoms with Gasteiger partial charge in [-0.2, -0.15) is 0 Å². The third-order valence-corrected chi connectivity index (χ3v) is 2.46. The van der Waals surface area contributed by atoms with Gasteiger partial charge in [0.05, 0.1) is 12.2 Å². The van der Waals surface area contributed by atoms with Gasteiger partial charge in [-0.3, -0.25) is 9.48 Å². The maximum Gasteiger partial charge on any atom is 0.222 e. The summed E-state index contributed by atoms with van der Waals surface area (Å²) in [5, 5.41) is 19.4. The number of carbonyl (C=O) groups excluding carboxylic acids is 1. The first kappa shape index (κ1) is 11.1. The van der Waals surface area contributed by atoms with Crippen molar-refractivity contribution < 1.29 is 9.90 Å². The minimum atomic E-state index is 0.0703. The summed E-state index contributed by atoms with van der Waals surface area (Å²) in [6, 6.07) is 0.410. The maximum absolute atomic E-state index is 11.4. The molecule has 2 rings (SSSR count). The van der Waals surface area contributed by atoms with Gasteiger partial charge in [-0.15, -0.1) is 5.10 Å². The van der Waals surface area contributed by atoms with Gasteiger partial charge in [-0.05, 0) is 12.8 Å². The molecule has 16 heavy (non-hydrogen) atoms. The molecule has 1 heterocycles. The second-order valence-electron chi connectivity index (χ2n) is 4.04. The molecule has 0 saturated heterocycles. The van der Waals surface area contributed by atoms with Crippen molar-refractivity contribution in [2.24, 2.45) is 0 Å². The summed E-state index contributed by atoms with van der Waals surface area (Å²) in [4.78, 5) is 11.4. The molecule has 88 valence electrons. The van der Waals surface area contributed by atoms with Crippen molar-refractivity contribution in [3.63, 3.8) is 0 Å². The number of hydrogen-bond acceptors (Lipinski definition) is 4. The highest BCUT2D eigenvalue weighted by Gasteiger charge is 2.22. The lowest BCUT2D eigenvalue weighted by molar-refractivity contribution is -0.121. The number of aliphatic hydroxyl groups is 1. The Balaban J connectivity index is 1.72. The molecule has 1 amide bonds. The van der Waals surface area contributed by atoms with Crippen molar-refractivity contribution >= 4 is 5.91 Å². The Kier molecular flexibility index (Phi) is 3.51. The minimum Gasteiger partial charge on any atom is -0.396 e. The zero-order chi connectivity index (χ0) is 11.4. The summed E-state index contributed by atoms with van der Waals surface area (Å²) in [7, 11) is 0. The monoisotopic (exact) mass is 224 g/mol. The van der Waals surface area contributed by atoms with Gasteiger partial charge in [0.2, 0.25) is 5.91 Å². The molecule has 1 aliphatic carbocycles.